The first-order chi connectivity index (χ1) is 9.53. The fraction of sp³-hybridized carbons (Fsp3) is 0.143. The molecule has 0 spiro atoms. The van der Waals surface area contributed by atoms with E-state index in [2.05, 4.69) is 4.72 Å². The molecule has 2 N–H and O–H groups in total. The zero-order valence-corrected chi connectivity index (χ0v) is 12.5. The Bertz CT molecular complexity index is 682. The Morgan fingerprint density at radius 1 is 1.10 bits per heavy atom. The smallest absolute Gasteiger partial charge is 0.241 e. The van der Waals surface area contributed by atoms with E-state index >= 15 is 0 Å². The molecule has 106 valence electrons. The van der Waals surface area contributed by atoms with Crippen LogP contribution in [0.2, 0.25) is 0 Å². The highest BCUT2D eigenvalue weighted by atomic mass is 32.2. The molecule has 0 heterocycles. The fourth-order valence-corrected chi connectivity index (χ4v) is 4.09. The highest BCUT2D eigenvalue weighted by Gasteiger charge is 2.17. The van der Waals surface area contributed by atoms with Crippen LogP contribution in [-0.2, 0) is 10.0 Å². The summed E-state index contributed by atoms with van der Waals surface area (Å²) >= 11 is 1.35. The molecule has 0 fully saturated rings. The van der Waals surface area contributed by atoms with Gasteiger partial charge in [0.1, 0.15) is 5.75 Å². The van der Waals surface area contributed by atoms with Gasteiger partial charge in [0.15, 0.2) is 0 Å². The van der Waals surface area contributed by atoms with Gasteiger partial charge in [-0.25, -0.2) is 13.1 Å². The molecule has 0 atom stereocenters. The minimum absolute atomic E-state index is 0.183. The predicted molar refractivity (Wildman–Crippen MR) is 79.5 cm³/mol. The summed E-state index contributed by atoms with van der Waals surface area (Å²) in [7, 11) is -3.49. The van der Waals surface area contributed by atoms with Gasteiger partial charge >= 0.3 is 0 Å². The van der Waals surface area contributed by atoms with Crippen LogP contribution in [0, 0.1) is 0 Å². The molecule has 20 heavy (non-hydrogen) atoms. The molecule has 0 aliphatic rings. The number of phenols is 1. The van der Waals surface area contributed by atoms with E-state index < -0.39 is 10.0 Å². The van der Waals surface area contributed by atoms with Crippen molar-refractivity contribution in [3.05, 3.63) is 48.5 Å². The summed E-state index contributed by atoms with van der Waals surface area (Å²) in [6.45, 7) is 2.09. The molecule has 2 aromatic carbocycles. The Kier molecular flexibility index (Phi) is 4.69. The lowest BCUT2D eigenvalue weighted by atomic mass is 10.3. The van der Waals surface area contributed by atoms with Gasteiger partial charge in [0, 0.05) is 16.3 Å². The van der Waals surface area contributed by atoms with E-state index in [4.69, 9.17) is 0 Å². The normalized spacial score (nSPS) is 11.4. The maximum absolute atomic E-state index is 12.1. The molecule has 6 heteroatoms. The van der Waals surface area contributed by atoms with Crippen LogP contribution >= 0.6 is 11.8 Å². The van der Waals surface area contributed by atoms with E-state index in [1.54, 1.807) is 55.5 Å². The lowest BCUT2D eigenvalue weighted by Gasteiger charge is -2.10. The summed E-state index contributed by atoms with van der Waals surface area (Å²) in [6.07, 6.45) is 0. The molecule has 2 aromatic rings. The van der Waals surface area contributed by atoms with Crippen molar-refractivity contribution < 1.29 is 13.5 Å². The Balaban J connectivity index is 2.35. The number of hydrogen-bond acceptors (Lipinski definition) is 4. The van der Waals surface area contributed by atoms with E-state index in [-0.39, 0.29) is 10.6 Å². The first-order valence-corrected chi connectivity index (χ1v) is 8.38. The van der Waals surface area contributed by atoms with Crippen LogP contribution in [0.1, 0.15) is 6.92 Å². The molecular formula is C14H15NO3S2. The highest BCUT2D eigenvalue weighted by Crippen LogP contribution is 2.33. The van der Waals surface area contributed by atoms with Crippen LogP contribution in [0.4, 0.5) is 0 Å². The van der Waals surface area contributed by atoms with Gasteiger partial charge < -0.3 is 5.11 Å². The summed E-state index contributed by atoms with van der Waals surface area (Å²) in [6, 6.07) is 13.5. The average Bonchev–Trinajstić information content (AvgIpc) is 2.42. The molecule has 4 nitrogen and oxygen atoms in total. The molecule has 0 radical (unpaired) electrons. The van der Waals surface area contributed by atoms with Crippen LogP contribution in [0.5, 0.6) is 5.75 Å². The van der Waals surface area contributed by atoms with E-state index in [9.17, 15) is 13.5 Å². The van der Waals surface area contributed by atoms with Gasteiger partial charge in [-0.1, -0.05) is 30.8 Å². The third-order valence-electron chi connectivity index (χ3n) is 2.54. The van der Waals surface area contributed by atoms with Gasteiger partial charge in [-0.2, -0.15) is 0 Å². The molecular weight excluding hydrogens is 294 g/mol. The van der Waals surface area contributed by atoms with Gasteiger partial charge in [0.2, 0.25) is 10.0 Å². The maximum atomic E-state index is 12.1. The molecule has 0 amide bonds. The number of benzene rings is 2. The van der Waals surface area contributed by atoms with E-state index in [0.717, 1.165) is 4.90 Å². The molecule has 0 aromatic heterocycles. The Labute approximate surface area is 122 Å². The third-order valence-corrected chi connectivity index (χ3v) is 5.35. The third kappa shape index (κ3) is 3.53. The first kappa shape index (κ1) is 14.9. The summed E-state index contributed by atoms with van der Waals surface area (Å²) in [4.78, 5) is 1.78. The summed E-state index contributed by atoms with van der Waals surface area (Å²) in [5.41, 5.74) is 0. The van der Waals surface area contributed by atoms with Crippen molar-refractivity contribution in [3.8, 4) is 5.75 Å². The van der Waals surface area contributed by atoms with Crippen LogP contribution in [0.15, 0.2) is 63.2 Å². The van der Waals surface area contributed by atoms with Crippen LogP contribution < -0.4 is 4.72 Å². The van der Waals surface area contributed by atoms with Crippen molar-refractivity contribution in [3.63, 3.8) is 0 Å². The predicted octanol–water partition coefficient (Wildman–Crippen LogP) is 2.84. The molecule has 0 unspecified atom stereocenters. The van der Waals surface area contributed by atoms with Crippen molar-refractivity contribution >= 4 is 21.8 Å². The molecule has 2 rings (SSSR count). The zero-order valence-electron chi connectivity index (χ0n) is 10.9. The quantitative estimate of drug-likeness (QED) is 0.891. The number of hydrogen-bond donors (Lipinski definition) is 2. The van der Waals surface area contributed by atoms with Crippen LogP contribution in [-0.4, -0.2) is 20.1 Å². The van der Waals surface area contributed by atoms with Crippen molar-refractivity contribution in [2.45, 2.75) is 21.6 Å². The summed E-state index contributed by atoms with van der Waals surface area (Å²) in [5, 5.41) is 9.26. The molecule has 0 aliphatic carbocycles. The van der Waals surface area contributed by atoms with Crippen molar-refractivity contribution in [1.29, 1.82) is 0 Å². The first-order valence-electron chi connectivity index (χ1n) is 6.08. The second-order valence-corrected chi connectivity index (χ2v) is 6.89. The van der Waals surface area contributed by atoms with E-state index in [1.165, 1.54) is 11.8 Å². The van der Waals surface area contributed by atoms with E-state index in [0.29, 0.717) is 11.4 Å². The molecule has 0 saturated heterocycles. The molecule has 0 aliphatic heterocycles. The van der Waals surface area contributed by atoms with Crippen molar-refractivity contribution in [2.24, 2.45) is 0 Å². The fourth-order valence-electron chi connectivity index (χ4n) is 1.67. The van der Waals surface area contributed by atoms with Gasteiger partial charge in [-0.3, -0.25) is 0 Å². The van der Waals surface area contributed by atoms with Crippen LogP contribution in [0.3, 0.4) is 0 Å². The Hall–Kier alpha value is -1.50. The Morgan fingerprint density at radius 2 is 1.75 bits per heavy atom. The summed E-state index contributed by atoms with van der Waals surface area (Å²) < 4.78 is 26.8. The van der Waals surface area contributed by atoms with Gasteiger partial charge in [0.05, 0.1) is 4.90 Å². The van der Waals surface area contributed by atoms with Gasteiger partial charge in [0.25, 0.3) is 0 Å². The standard InChI is InChI=1S/C14H15NO3S2/c1-2-15-20(17,18)14-6-4-3-5-13(14)19-12-9-7-11(16)8-10-12/h3-10,15-16H,2H2,1H3. The minimum atomic E-state index is -3.49. The second kappa shape index (κ2) is 6.30. The second-order valence-electron chi connectivity index (χ2n) is 4.04. The number of rotatable bonds is 5. The highest BCUT2D eigenvalue weighted by molar-refractivity contribution is 8.00. The SMILES string of the molecule is CCNS(=O)(=O)c1ccccc1Sc1ccc(O)cc1. The summed E-state index contributed by atoms with van der Waals surface area (Å²) in [5.74, 6) is 0.183. The molecule has 0 bridgehead atoms. The van der Waals surface area contributed by atoms with E-state index in [1.807, 2.05) is 0 Å². The monoisotopic (exact) mass is 309 g/mol. The number of aromatic hydroxyl groups is 1. The zero-order chi connectivity index (χ0) is 14.6. The minimum Gasteiger partial charge on any atom is -0.508 e. The Morgan fingerprint density at radius 3 is 2.40 bits per heavy atom. The average molecular weight is 309 g/mol. The van der Waals surface area contributed by atoms with Crippen LogP contribution in [0.25, 0.3) is 0 Å². The lowest BCUT2D eigenvalue weighted by Crippen LogP contribution is -2.23. The molecule has 0 saturated carbocycles. The topological polar surface area (TPSA) is 66.4 Å². The lowest BCUT2D eigenvalue weighted by molar-refractivity contribution is 0.475. The maximum Gasteiger partial charge on any atom is 0.241 e. The van der Waals surface area contributed by atoms with Crippen molar-refractivity contribution in [2.75, 3.05) is 6.54 Å². The van der Waals surface area contributed by atoms with Gasteiger partial charge in [-0.05, 0) is 36.4 Å². The van der Waals surface area contributed by atoms with Crippen molar-refractivity contribution in [1.82, 2.24) is 4.72 Å². The van der Waals surface area contributed by atoms with Gasteiger partial charge in [-0.15, -0.1) is 0 Å². The number of sulfonamides is 1. The largest absolute Gasteiger partial charge is 0.508 e. The number of phenolic OH excluding ortho intramolecular Hbond substituents is 1. The number of nitrogens with one attached hydrogen (secondary N) is 1.